The fraction of sp³-hybridized carbons (Fsp3) is 0.217. The van der Waals surface area contributed by atoms with Gasteiger partial charge >= 0.3 is 0 Å². The van der Waals surface area contributed by atoms with Gasteiger partial charge in [-0.3, -0.25) is 19.7 Å². The van der Waals surface area contributed by atoms with Gasteiger partial charge in [-0.15, -0.1) is 11.3 Å². The third-order valence-electron chi connectivity index (χ3n) is 5.40. The largest absolute Gasteiger partial charge is 0.322 e. The van der Waals surface area contributed by atoms with E-state index < -0.39 is 22.6 Å². The molecular weight excluding hydrogens is 433 g/mol. The van der Waals surface area contributed by atoms with Gasteiger partial charge in [0.25, 0.3) is 17.5 Å². The maximum Gasteiger partial charge on any atom is 0.271 e. The zero-order chi connectivity index (χ0) is 22.8. The van der Waals surface area contributed by atoms with E-state index in [2.05, 4.69) is 17.6 Å². The Morgan fingerprint density at radius 2 is 1.91 bits per heavy atom. The first-order chi connectivity index (χ1) is 15.3. The molecule has 0 bridgehead atoms. The van der Waals surface area contributed by atoms with Crippen molar-refractivity contribution in [2.75, 3.05) is 10.6 Å². The van der Waals surface area contributed by atoms with E-state index in [1.807, 2.05) is 0 Å². The Labute approximate surface area is 187 Å². The molecular formula is C23H20FN3O4S. The van der Waals surface area contributed by atoms with E-state index in [9.17, 15) is 24.1 Å². The lowest BCUT2D eigenvalue weighted by Crippen LogP contribution is -2.20. The summed E-state index contributed by atoms with van der Waals surface area (Å²) in [7, 11) is 0. The van der Waals surface area contributed by atoms with Crippen molar-refractivity contribution in [1.29, 1.82) is 0 Å². The van der Waals surface area contributed by atoms with Crippen LogP contribution < -0.4 is 10.6 Å². The molecule has 1 aliphatic carbocycles. The molecule has 32 heavy (non-hydrogen) atoms. The molecule has 2 amide bonds. The number of non-ortho nitro benzene ring substituents is 1. The number of amides is 2. The van der Waals surface area contributed by atoms with Gasteiger partial charge in [-0.05, 0) is 48.9 Å². The summed E-state index contributed by atoms with van der Waals surface area (Å²) < 4.78 is 14.1. The topological polar surface area (TPSA) is 101 Å². The third-order valence-corrected chi connectivity index (χ3v) is 6.57. The molecule has 0 saturated heterocycles. The predicted molar refractivity (Wildman–Crippen MR) is 121 cm³/mol. The zero-order valence-electron chi connectivity index (χ0n) is 17.2. The summed E-state index contributed by atoms with van der Waals surface area (Å²) in [5.41, 5.74) is 1.21. The molecule has 0 unspecified atom stereocenters. The molecule has 7 nitrogen and oxygen atoms in total. The van der Waals surface area contributed by atoms with E-state index in [0.29, 0.717) is 22.9 Å². The van der Waals surface area contributed by atoms with Crippen molar-refractivity contribution in [2.24, 2.45) is 5.92 Å². The fourth-order valence-electron chi connectivity index (χ4n) is 3.79. The first kappa shape index (κ1) is 21.6. The number of thiophene rings is 1. The maximum absolute atomic E-state index is 14.1. The van der Waals surface area contributed by atoms with Crippen LogP contribution in [0.15, 0.2) is 48.5 Å². The van der Waals surface area contributed by atoms with Crippen molar-refractivity contribution in [3.63, 3.8) is 0 Å². The van der Waals surface area contributed by atoms with Crippen molar-refractivity contribution in [1.82, 2.24) is 0 Å². The van der Waals surface area contributed by atoms with Gasteiger partial charge in [0.05, 0.1) is 16.1 Å². The summed E-state index contributed by atoms with van der Waals surface area (Å²) in [6, 6.07) is 11.3. The molecule has 1 aromatic heterocycles. The number of rotatable bonds is 5. The van der Waals surface area contributed by atoms with Crippen LogP contribution in [0, 0.1) is 21.8 Å². The average molecular weight is 453 g/mol. The number of nitro benzene ring substituents is 1. The summed E-state index contributed by atoms with van der Waals surface area (Å²) in [5, 5.41) is 16.8. The minimum atomic E-state index is -0.650. The number of hydrogen-bond donors (Lipinski definition) is 2. The van der Waals surface area contributed by atoms with Gasteiger partial charge in [-0.1, -0.05) is 25.1 Å². The van der Waals surface area contributed by atoms with Crippen LogP contribution in [0.1, 0.15) is 44.5 Å². The third kappa shape index (κ3) is 4.38. The van der Waals surface area contributed by atoms with Crippen LogP contribution >= 0.6 is 11.3 Å². The van der Waals surface area contributed by atoms with Crippen LogP contribution in [0.3, 0.4) is 0 Å². The van der Waals surface area contributed by atoms with Gasteiger partial charge in [0.2, 0.25) is 0 Å². The zero-order valence-corrected chi connectivity index (χ0v) is 18.0. The van der Waals surface area contributed by atoms with Gasteiger partial charge in [-0.2, -0.15) is 0 Å². The molecule has 2 N–H and O–H groups in total. The highest BCUT2D eigenvalue weighted by Gasteiger charge is 2.29. The number of carbonyl (C=O) groups excluding carboxylic acids is 2. The molecule has 9 heteroatoms. The minimum Gasteiger partial charge on any atom is -0.322 e. The second kappa shape index (κ2) is 8.88. The minimum absolute atomic E-state index is 0.114. The van der Waals surface area contributed by atoms with Gasteiger partial charge in [-0.25, -0.2) is 4.39 Å². The lowest BCUT2D eigenvalue weighted by atomic mass is 9.88. The van der Waals surface area contributed by atoms with Crippen molar-refractivity contribution < 1.29 is 18.9 Å². The SMILES string of the molecule is C[C@@H]1CCc2c(sc(NC(=O)c3ccccc3F)c2C(=O)Nc2cccc([N+](=O)[O-])c2)C1. The van der Waals surface area contributed by atoms with E-state index in [1.54, 1.807) is 12.1 Å². The van der Waals surface area contributed by atoms with Crippen molar-refractivity contribution >= 4 is 39.5 Å². The molecule has 0 fully saturated rings. The number of benzene rings is 2. The van der Waals surface area contributed by atoms with Gasteiger partial charge < -0.3 is 10.6 Å². The summed E-state index contributed by atoms with van der Waals surface area (Å²) >= 11 is 1.32. The quantitative estimate of drug-likeness (QED) is 0.398. The summed E-state index contributed by atoms with van der Waals surface area (Å²) in [6.07, 6.45) is 2.37. The second-order valence-corrected chi connectivity index (χ2v) is 8.86. The van der Waals surface area contributed by atoms with Crippen LogP contribution in [0.25, 0.3) is 0 Å². The molecule has 4 rings (SSSR count). The van der Waals surface area contributed by atoms with Gasteiger partial charge in [0.1, 0.15) is 10.8 Å². The standard InChI is InChI=1S/C23H20FN3O4S/c1-13-9-10-17-19(11-13)32-23(26-21(28)16-7-2-3-8-18(16)24)20(17)22(29)25-14-5-4-6-15(12-14)27(30)31/h2-8,12-13H,9-11H2,1H3,(H,25,29)(H,26,28)/t13-/m1/s1. The van der Waals surface area contributed by atoms with Crippen molar-refractivity contribution in [3.05, 3.63) is 86.0 Å². The molecule has 2 aromatic carbocycles. The van der Waals surface area contributed by atoms with Gasteiger partial charge in [0, 0.05) is 22.7 Å². The summed E-state index contributed by atoms with van der Waals surface area (Å²) in [6.45, 7) is 2.13. The molecule has 164 valence electrons. The second-order valence-electron chi connectivity index (χ2n) is 7.75. The highest BCUT2D eigenvalue weighted by Crippen LogP contribution is 2.40. The molecule has 0 spiro atoms. The lowest BCUT2D eigenvalue weighted by Gasteiger charge is -2.18. The summed E-state index contributed by atoms with van der Waals surface area (Å²) in [5.74, 6) is -1.31. The first-order valence-electron chi connectivity index (χ1n) is 10.1. The Kier molecular flexibility index (Phi) is 6.00. The first-order valence-corrected chi connectivity index (χ1v) is 10.9. The van der Waals surface area contributed by atoms with E-state index >= 15 is 0 Å². The molecule has 0 aliphatic heterocycles. The Bertz CT molecular complexity index is 1220. The number of halogens is 1. The molecule has 0 radical (unpaired) electrons. The molecule has 3 aromatic rings. The van der Waals surface area contributed by atoms with Crippen molar-refractivity contribution in [2.45, 2.75) is 26.2 Å². The molecule has 1 atom stereocenters. The summed E-state index contributed by atoms with van der Waals surface area (Å²) in [4.78, 5) is 37.4. The smallest absolute Gasteiger partial charge is 0.271 e. The molecule has 0 saturated carbocycles. The lowest BCUT2D eigenvalue weighted by molar-refractivity contribution is -0.384. The highest BCUT2D eigenvalue weighted by atomic mass is 32.1. The number of nitrogens with one attached hydrogen (secondary N) is 2. The number of nitro groups is 1. The van der Waals surface area contributed by atoms with Gasteiger partial charge in [0.15, 0.2) is 0 Å². The molecule has 1 heterocycles. The normalized spacial score (nSPS) is 15.0. The van der Waals surface area contributed by atoms with Crippen molar-refractivity contribution in [3.8, 4) is 0 Å². The van der Waals surface area contributed by atoms with E-state index in [4.69, 9.17) is 0 Å². The Morgan fingerprint density at radius 3 is 2.66 bits per heavy atom. The van der Waals surface area contributed by atoms with E-state index in [-0.39, 0.29) is 16.9 Å². The Morgan fingerprint density at radius 1 is 1.12 bits per heavy atom. The number of fused-ring (bicyclic) bond motifs is 1. The van der Waals surface area contributed by atoms with Crippen LogP contribution in [0.4, 0.5) is 20.8 Å². The van der Waals surface area contributed by atoms with Crippen LogP contribution in [0.5, 0.6) is 0 Å². The van der Waals surface area contributed by atoms with Crippen LogP contribution in [0.2, 0.25) is 0 Å². The number of anilines is 2. The number of carbonyl (C=O) groups is 2. The fourth-order valence-corrected chi connectivity index (χ4v) is 5.19. The number of hydrogen-bond acceptors (Lipinski definition) is 5. The number of nitrogens with zero attached hydrogens (tertiary/aromatic N) is 1. The average Bonchev–Trinajstić information content (AvgIpc) is 3.10. The highest BCUT2D eigenvalue weighted by molar-refractivity contribution is 7.17. The maximum atomic E-state index is 14.1. The van der Waals surface area contributed by atoms with Crippen LogP contribution in [-0.4, -0.2) is 16.7 Å². The van der Waals surface area contributed by atoms with E-state index in [0.717, 1.165) is 23.3 Å². The Balaban J connectivity index is 1.68. The van der Waals surface area contributed by atoms with Crippen LogP contribution in [-0.2, 0) is 12.8 Å². The monoisotopic (exact) mass is 453 g/mol. The molecule has 1 aliphatic rings. The van der Waals surface area contributed by atoms with E-state index in [1.165, 1.54) is 47.7 Å². The Hall–Kier alpha value is -3.59. The predicted octanol–water partition coefficient (Wildman–Crippen LogP) is 5.42.